The van der Waals surface area contributed by atoms with Gasteiger partial charge in [0.1, 0.15) is 0 Å². The van der Waals surface area contributed by atoms with Crippen LogP contribution < -0.4 is 5.32 Å². The van der Waals surface area contributed by atoms with Crippen molar-refractivity contribution in [2.45, 2.75) is 0 Å². The Morgan fingerprint density at radius 2 is 1.72 bits per heavy atom. The Kier molecular flexibility index (Phi) is 2.77. The van der Waals surface area contributed by atoms with E-state index in [1.807, 2.05) is 0 Å². The summed E-state index contributed by atoms with van der Waals surface area (Å²) in [6.07, 6.45) is 3.20. The van der Waals surface area contributed by atoms with Crippen LogP contribution in [0.15, 0.2) is 30.6 Å². The van der Waals surface area contributed by atoms with Crippen LogP contribution in [0, 0.1) is 0 Å². The fourth-order valence-electron chi connectivity index (χ4n) is 1.60. The number of anilines is 2. The molecule has 18 heavy (non-hydrogen) atoms. The van der Waals surface area contributed by atoms with Crippen molar-refractivity contribution in [3.8, 4) is 0 Å². The molecule has 0 atom stereocenters. The largest absolute Gasteiger partial charge is 0.337 e. The Bertz CT molecular complexity index is 689. The quantitative estimate of drug-likeness (QED) is 0.755. The van der Waals surface area contributed by atoms with E-state index in [1.54, 1.807) is 30.6 Å². The molecule has 0 amide bonds. The number of nitrogens with one attached hydrogen (secondary N) is 2. The zero-order valence-corrected chi connectivity index (χ0v) is 10.5. The third kappa shape index (κ3) is 2.10. The van der Waals surface area contributed by atoms with Crippen LogP contribution >= 0.6 is 23.2 Å². The molecule has 0 spiro atoms. The third-order valence-electron chi connectivity index (χ3n) is 2.32. The Morgan fingerprint density at radius 3 is 2.50 bits per heavy atom. The van der Waals surface area contributed by atoms with E-state index in [0.29, 0.717) is 27.0 Å². The van der Waals surface area contributed by atoms with Crippen LogP contribution in [0.1, 0.15) is 0 Å². The summed E-state index contributed by atoms with van der Waals surface area (Å²) in [5.41, 5.74) is 2.02. The summed E-state index contributed by atoms with van der Waals surface area (Å²) in [4.78, 5) is 8.30. The lowest BCUT2D eigenvalue weighted by Gasteiger charge is -2.04. The Labute approximate surface area is 112 Å². The maximum absolute atomic E-state index is 5.93. The summed E-state index contributed by atoms with van der Waals surface area (Å²) in [6, 6.07) is 5.17. The van der Waals surface area contributed by atoms with Crippen molar-refractivity contribution >= 4 is 45.9 Å². The SMILES string of the molecule is Clc1cc(Cl)cc(Nc2n[nH]c3nccnc23)c1. The van der Waals surface area contributed by atoms with Gasteiger partial charge in [-0.05, 0) is 18.2 Å². The number of aromatic nitrogens is 4. The van der Waals surface area contributed by atoms with Crippen LogP contribution in [-0.4, -0.2) is 20.2 Å². The Balaban J connectivity index is 2.01. The minimum absolute atomic E-state index is 0.552. The lowest BCUT2D eigenvalue weighted by atomic mass is 10.3. The number of H-pyrrole nitrogens is 1. The fraction of sp³-hybridized carbons (Fsp3) is 0. The highest BCUT2D eigenvalue weighted by Gasteiger charge is 2.08. The highest BCUT2D eigenvalue weighted by Crippen LogP contribution is 2.26. The maximum atomic E-state index is 5.93. The molecule has 0 aliphatic heterocycles. The van der Waals surface area contributed by atoms with Gasteiger partial charge in [-0.3, -0.25) is 5.10 Å². The number of aromatic amines is 1. The molecule has 3 aromatic rings. The predicted octanol–water partition coefficient (Wildman–Crippen LogP) is 3.40. The summed E-state index contributed by atoms with van der Waals surface area (Å²) < 4.78 is 0. The van der Waals surface area contributed by atoms with Crippen LogP contribution in [-0.2, 0) is 0 Å². The van der Waals surface area contributed by atoms with Crippen LogP contribution in [0.2, 0.25) is 10.0 Å². The second-order valence-electron chi connectivity index (χ2n) is 3.61. The van der Waals surface area contributed by atoms with E-state index < -0.39 is 0 Å². The second kappa shape index (κ2) is 4.44. The number of hydrogen-bond acceptors (Lipinski definition) is 4. The van der Waals surface area contributed by atoms with E-state index in [-0.39, 0.29) is 0 Å². The van der Waals surface area contributed by atoms with Gasteiger partial charge in [0.2, 0.25) is 0 Å². The molecule has 0 unspecified atom stereocenters. The van der Waals surface area contributed by atoms with Crippen LogP contribution in [0.25, 0.3) is 11.2 Å². The molecule has 3 rings (SSSR count). The first-order valence-electron chi connectivity index (χ1n) is 5.10. The summed E-state index contributed by atoms with van der Waals surface area (Å²) in [5, 5.41) is 11.1. The van der Waals surface area contributed by atoms with Gasteiger partial charge in [-0.25, -0.2) is 9.97 Å². The van der Waals surface area contributed by atoms with Gasteiger partial charge in [0.15, 0.2) is 17.0 Å². The average Bonchev–Trinajstić information content (AvgIpc) is 2.72. The van der Waals surface area contributed by atoms with Gasteiger partial charge in [0.25, 0.3) is 0 Å². The smallest absolute Gasteiger partial charge is 0.180 e. The highest BCUT2D eigenvalue weighted by atomic mass is 35.5. The first-order chi connectivity index (χ1) is 8.72. The van der Waals surface area contributed by atoms with Gasteiger partial charge < -0.3 is 5.32 Å². The van der Waals surface area contributed by atoms with Crippen molar-refractivity contribution in [2.24, 2.45) is 0 Å². The molecule has 2 heterocycles. The van der Waals surface area contributed by atoms with E-state index in [1.165, 1.54) is 0 Å². The summed E-state index contributed by atoms with van der Waals surface area (Å²) in [7, 11) is 0. The van der Waals surface area contributed by atoms with E-state index in [9.17, 15) is 0 Å². The first kappa shape index (κ1) is 11.3. The van der Waals surface area contributed by atoms with Gasteiger partial charge in [-0.1, -0.05) is 23.2 Å². The molecule has 2 N–H and O–H groups in total. The average molecular weight is 280 g/mol. The molecule has 2 aromatic heterocycles. The standard InChI is InChI=1S/C11H7Cl2N5/c12-6-3-7(13)5-8(4-6)16-11-9-10(17-18-11)15-2-1-14-9/h1-5H,(H2,15,16,17,18). The summed E-state index contributed by atoms with van der Waals surface area (Å²) in [5.74, 6) is 0.580. The molecule has 0 saturated carbocycles. The molecule has 1 aromatic carbocycles. The molecule has 0 fully saturated rings. The monoisotopic (exact) mass is 279 g/mol. The molecule has 90 valence electrons. The molecule has 5 nitrogen and oxygen atoms in total. The van der Waals surface area contributed by atoms with E-state index in [4.69, 9.17) is 23.2 Å². The Morgan fingerprint density at radius 1 is 1.00 bits per heavy atom. The highest BCUT2D eigenvalue weighted by molar-refractivity contribution is 6.35. The van der Waals surface area contributed by atoms with Gasteiger partial charge in [-0.2, -0.15) is 5.10 Å². The van der Waals surface area contributed by atoms with Crippen molar-refractivity contribution in [1.82, 2.24) is 20.2 Å². The summed E-state index contributed by atoms with van der Waals surface area (Å²) >= 11 is 11.9. The van der Waals surface area contributed by atoms with Gasteiger partial charge >= 0.3 is 0 Å². The van der Waals surface area contributed by atoms with Gasteiger partial charge in [0.05, 0.1) is 0 Å². The van der Waals surface area contributed by atoms with Crippen LogP contribution in [0.5, 0.6) is 0 Å². The number of halogens is 2. The van der Waals surface area contributed by atoms with Crippen molar-refractivity contribution < 1.29 is 0 Å². The number of rotatable bonds is 2. The molecule has 0 bridgehead atoms. The van der Waals surface area contributed by atoms with Crippen molar-refractivity contribution in [3.63, 3.8) is 0 Å². The lowest BCUT2D eigenvalue weighted by Crippen LogP contribution is -1.92. The number of benzene rings is 1. The molecule has 0 radical (unpaired) electrons. The predicted molar refractivity (Wildman–Crippen MR) is 71.4 cm³/mol. The number of fused-ring (bicyclic) bond motifs is 1. The van der Waals surface area contributed by atoms with E-state index >= 15 is 0 Å². The van der Waals surface area contributed by atoms with Gasteiger partial charge in [-0.15, -0.1) is 0 Å². The number of nitrogens with zero attached hydrogens (tertiary/aromatic N) is 3. The summed E-state index contributed by atoms with van der Waals surface area (Å²) in [6.45, 7) is 0. The molecular formula is C11H7Cl2N5. The molecule has 0 aliphatic rings. The van der Waals surface area contributed by atoms with Crippen LogP contribution in [0.4, 0.5) is 11.5 Å². The van der Waals surface area contributed by atoms with E-state index in [0.717, 1.165) is 5.69 Å². The number of hydrogen-bond donors (Lipinski definition) is 2. The van der Waals surface area contributed by atoms with Crippen molar-refractivity contribution in [2.75, 3.05) is 5.32 Å². The van der Waals surface area contributed by atoms with Crippen molar-refractivity contribution in [1.29, 1.82) is 0 Å². The normalized spacial score (nSPS) is 10.8. The van der Waals surface area contributed by atoms with Gasteiger partial charge in [0, 0.05) is 28.1 Å². The Hall–Kier alpha value is -1.85. The van der Waals surface area contributed by atoms with Crippen LogP contribution in [0.3, 0.4) is 0 Å². The zero-order valence-electron chi connectivity index (χ0n) is 8.98. The second-order valence-corrected chi connectivity index (χ2v) is 4.48. The lowest BCUT2D eigenvalue weighted by molar-refractivity contribution is 1.10. The minimum atomic E-state index is 0.552. The van der Waals surface area contributed by atoms with E-state index in [2.05, 4.69) is 25.5 Å². The molecule has 0 saturated heterocycles. The molecule has 7 heteroatoms. The molecular weight excluding hydrogens is 273 g/mol. The zero-order chi connectivity index (χ0) is 12.5. The minimum Gasteiger partial charge on any atom is -0.337 e. The fourth-order valence-corrected chi connectivity index (χ4v) is 2.13. The topological polar surface area (TPSA) is 66.5 Å². The van der Waals surface area contributed by atoms with Crippen molar-refractivity contribution in [3.05, 3.63) is 40.6 Å². The third-order valence-corrected chi connectivity index (χ3v) is 2.76. The first-order valence-corrected chi connectivity index (χ1v) is 5.86. The molecule has 0 aliphatic carbocycles. The maximum Gasteiger partial charge on any atom is 0.180 e.